The molecule has 2 fully saturated rings. The molecule has 2 aliphatic rings. The number of hydrogen-bond donors (Lipinski definition) is 2. The number of nitrogens with two attached hydrogens (primary N) is 1. The quantitative estimate of drug-likeness (QED) is 0.754. The number of aliphatic hydroxyl groups is 1. The highest BCUT2D eigenvalue weighted by molar-refractivity contribution is 5.33. The van der Waals surface area contributed by atoms with E-state index >= 15 is 0 Å². The van der Waals surface area contributed by atoms with Gasteiger partial charge >= 0.3 is 0 Å². The molecule has 1 aliphatic heterocycles. The Bertz CT molecular complexity index is 489. The normalized spacial score (nSPS) is 28.2. The molecule has 0 spiro atoms. The maximum Gasteiger partial charge on any atom is 0.119 e. The zero-order chi connectivity index (χ0) is 16.8. The van der Waals surface area contributed by atoms with Crippen LogP contribution in [0.2, 0.25) is 0 Å². The van der Waals surface area contributed by atoms with Gasteiger partial charge in [0.25, 0.3) is 0 Å². The van der Waals surface area contributed by atoms with Crippen molar-refractivity contribution in [2.75, 3.05) is 32.8 Å². The molecule has 24 heavy (non-hydrogen) atoms. The van der Waals surface area contributed by atoms with E-state index in [1.54, 1.807) is 0 Å². The van der Waals surface area contributed by atoms with Crippen LogP contribution >= 0.6 is 0 Å². The van der Waals surface area contributed by atoms with E-state index in [1.807, 2.05) is 0 Å². The van der Waals surface area contributed by atoms with Gasteiger partial charge < -0.3 is 20.5 Å². The summed E-state index contributed by atoms with van der Waals surface area (Å²) in [5.74, 6) is 0.947. The predicted octanol–water partition coefficient (Wildman–Crippen LogP) is 2.68. The molecule has 0 atom stereocenters. The average molecular weight is 332 g/mol. The first-order chi connectivity index (χ1) is 11.7. The van der Waals surface area contributed by atoms with E-state index < -0.39 is 0 Å². The average Bonchev–Trinajstić information content (AvgIpc) is 3.14. The topological polar surface area (TPSA) is 58.7 Å². The first-order valence-electron chi connectivity index (χ1n) is 9.56. The number of ether oxygens (including phenoxy) is 1. The van der Waals surface area contributed by atoms with Gasteiger partial charge in [-0.15, -0.1) is 0 Å². The van der Waals surface area contributed by atoms with Crippen molar-refractivity contribution in [3.05, 3.63) is 29.8 Å². The molecule has 1 saturated carbocycles. The molecule has 0 aromatic heterocycles. The Labute approximate surface area is 146 Å². The summed E-state index contributed by atoms with van der Waals surface area (Å²) in [6.45, 7) is 5.09. The summed E-state index contributed by atoms with van der Waals surface area (Å²) in [6.07, 6.45) is 7.29. The first-order valence-corrected chi connectivity index (χ1v) is 9.56. The molecule has 4 heteroatoms. The van der Waals surface area contributed by atoms with Gasteiger partial charge in [-0.3, -0.25) is 0 Å². The largest absolute Gasteiger partial charge is 0.494 e. The molecule has 1 saturated heterocycles. The Morgan fingerprint density at radius 2 is 1.79 bits per heavy atom. The van der Waals surface area contributed by atoms with E-state index in [9.17, 15) is 5.11 Å². The molecule has 1 aromatic carbocycles. The van der Waals surface area contributed by atoms with Crippen LogP contribution < -0.4 is 10.5 Å². The second kappa shape index (κ2) is 8.32. The van der Waals surface area contributed by atoms with Crippen molar-refractivity contribution < 1.29 is 9.84 Å². The first kappa shape index (κ1) is 17.7. The third-order valence-corrected chi connectivity index (χ3v) is 5.86. The lowest BCUT2D eigenvalue weighted by atomic mass is 9.69. The van der Waals surface area contributed by atoms with E-state index in [2.05, 4.69) is 29.2 Å². The minimum absolute atomic E-state index is 0.0352. The molecule has 1 heterocycles. The lowest BCUT2D eigenvalue weighted by Crippen LogP contribution is -2.40. The minimum Gasteiger partial charge on any atom is -0.494 e. The minimum atomic E-state index is -0.150. The number of hydrogen-bond acceptors (Lipinski definition) is 4. The molecule has 1 aromatic rings. The zero-order valence-electron chi connectivity index (χ0n) is 14.8. The molecular formula is C20H32N2O2. The fourth-order valence-electron chi connectivity index (χ4n) is 4.15. The molecule has 0 unspecified atom stereocenters. The van der Waals surface area contributed by atoms with Gasteiger partial charge in [0.05, 0.1) is 12.7 Å². The molecule has 0 radical (unpaired) electrons. The summed E-state index contributed by atoms with van der Waals surface area (Å²) >= 11 is 0. The molecule has 3 N–H and O–H groups in total. The van der Waals surface area contributed by atoms with Crippen LogP contribution in [0.4, 0.5) is 0 Å². The Balaban J connectivity index is 1.49. The van der Waals surface area contributed by atoms with Crippen LogP contribution in [0, 0.1) is 0 Å². The maximum atomic E-state index is 9.76. The van der Waals surface area contributed by atoms with Crippen molar-refractivity contribution in [1.29, 1.82) is 0 Å². The Morgan fingerprint density at radius 1 is 1.12 bits per heavy atom. The standard InChI is InChI=1S/C20H32N2O2/c21-16-20(10-8-18(23)9-11-20)17-4-6-19(7-5-17)24-15-3-14-22-12-1-2-13-22/h4-7,18,23H,1-3,8-16,21H2. The zero-order valence-corrected chi connectivity index (χ0v) is 14.8. The lowest BCUT2D eigenvalue weighted by Gasteiger charge is -2.38. The highest BCUT2D eigenvalue weighted by atomic mass is 16.5. The number of likely N-dealkylation sites (tertiary alicyclic amines) is 1. The van der Waals surface area contributed by atoms with Gasteiger partial charge in [-0.1, -0.05) is 12.1 Å². The van der Waals surface area contributed by atoms with Gasteiger partial charge in [-0.2, -0.15) is 0 Å². The van der Waals surface area contributed by atoms with Crippen LogP contribution in [0.15, 0.2) is 24.3 Å². The molecule has 134 valence electrons. The lowest BCUT2D eigenvalue weighted by molar-refractivity contribution is 0.0974. The molecule has 1 aliphatic carbocycles. The van der Waals surface area contributed by atoms with Crippen LogP contribution in [-0.2, 0) is 5.41 Å². The second-order valence-corrected chi connectivity index (χ2v) is 7.49. The summed E-state index contributed by atoms with van der Waals surface area (Å²) in [6, 6.07) is 8.49. The molecule has 3 rings (SSSR count). The summed E-state index contributed by atoms with van der Waals surface area (Å²) in [5.41, 5.74) is 7.42. The van der Waals surface area contributed by atoms with Crippen molar-refractivity contribution in [1.82, 2.24) is 4.90 Å². The van der Waals surface area contributed by atoms with E-state index in [0.29, 0.717) is 6.54 Å². The Morgan fingerprint density at radius 3 is 2.42 bits per heavy atom. The van der Waals surface area contributed by atoms with Gasteiger partial charge in [0.2, 0.25) is 0 Å². The van der Waals surface area contributed by atoms with Crippen molar-refractivity contribution in [2.24, 2.45) is 5.73 Å². The van der Waals surface area contributed by atoms with Crippen LogP contribution in [-0.4, -0.2) is 48.9 Å². The summed E-state index contributed by atoms with van der Waals surface area (Å²) < 4.78 is 5.89. The highest BCUT2D eigenvalue weighted by Crippen LogP contribution is 2.39. The van der Waals surface area contributed by atoms with Crippen molar-refractivity contribution >= 4 is 0 Å². The predicted molar refractivity (Wildman–Crippen MR) is 97.4 cm³/mol. The fourth-order valence-corrected chi connectivity index (χ4v) is 4.15. The van der Waals surface area contributed by atoms with Crippen molar-refractivity contribution in [3.8, 4) is 5.75 Å². The molecule has 4 nitrogen and oxygen atoms in total. The number of nitrogens with zero attached hydrogens (tertiary/aromatic N) is 1. The smallest absolute Gasteiger partial charge is 0.119 e. The molecule has 0 bridgehead atoms. The van der Waals surface area contributed by atoms with Crippen LogP contribution in [0.5, 0.6) is 5.75 Å². The summed E-state index contributed by atoms with van der Waals surface area (Å²) in [5, 5.41) is 9.76. The van der Waals surface area contributed by atoms with Gasteiger partial charge in [0.15, 0.2) is 0 Å². The summed E-state index contributed by atoms with van der Waals surface area (Å²) in [4.78, 5) is 2.52. The van der Waals surface area contributed by atoms with E-state index in [4.69, 9.17) is 10.5 Å². The van der Waals surface area contributed by atoms with E-state index in [-0.39, 0.29) is 11.5 Å². The third kappa shape index (κ3) is 4.29. The second-order valence-electron chi connectivity index (χ2n) is 7.49. The monoisotopic (exact) mass is 332 g/mol. The van der Waals surface area contributed by atoms with Gasteiger partial charge in [0, 0.05) is 18.5 Å². The molecular weight excluding hydrogens is 300 g/mol. The van der Waals surface area contributed by atoms with Gasteiger partial charge in [0.1, 0.15) is 5.75 Å². The molecule has 0 amide bonds. The number of rotatable bonds is 7. The Hall–Kier alpha value is -1.10. The maximum absolute atomic E-state index is 9.76. The van der Waals surface area contributed by atoms with Crippen LogP contribution in [0.3, 0.4) is 0 Å². The van der Waals surface area contributed by atoms with Crippen LogP contribution in [0.1, 0.15) is 50.5 Å². The third-order valence-electron chi connectivity index (χ3n) is 5.86. The van der Waals surface area contributed by atoms with Gasteiger partial charge in [-0.25, -0.2) is 0 Å². The highest BCUT2D eigenvalue weighted by Gasteiger charge is 2.35. The van der Waals surface area contributed by atoms with Crippen LogP contribution in [0.25, 0.3) is 0 Å². The van der Waals surface area contributed by atoms with Crippen molar-refractivity contribution in [3.63, 3.8) is 0 Å². The summed E-state index contributed by atoms with van der Waals surface area (Å²) in [7, 11) is 0. The number of aliphatic hydroxyl groups excluding tert-OH is 1. The van der Waals surface area contributed by atoms with Gasteiger partial charge in [-0.05, 0) is 75.7 Å². The van der Waals surface area contributed by atoms with Crippen molar-refractivity contribution in [2.45, 2.75) is 56.5 Å². The van der Waals surface area contributed by atoms with E-state index in [0.717, 1.165) is 51.0 Å². The Kier molecular flexibility index (Phi) is 6.14. The van der Waals surface area contributed by atoms with E-state index in [1.165, 1.54) is 31.5 Å². The SMILES string of the molecule is NCC1(c2ccc(OCCCN3CCCC3)cc2)CCC(O)CC1. The fraction of sp³-hybridized carbons (Fsp3) is 0.700. The number of benzene rings is 1.